The predicted molar refractivity (Wildman–Crippen MR) is 37.1 cm³/mol. The molecular formula is CH8Ca2KO4. The monoisotopic (exact) mass is 203 g/mol. The molecule has 0 bridgehead atoms. The third-order valence-corrected chi connectivity index (χ3v) is 0. The minimum atomic E-state index is -1.83. The largest absolute Gasteiger partial charge is 0 e. The summed E-state index contributed by atoms with van der Waals surface area (Å²) in [4.78, 5) is 8.56. The molecule has 0 aliphatic rings. The van der Waals surface area contributed by atoms with Crippen LogP contribution in [0.1, 0.15) is 0 Å². The summed E-state index contributed by atoms with van der Waals surface area (Å²) in [6, 6.07) is 0. The van der Waals surface area contributed by atoms with Crippen molar-refractivity contribution in [3.05, 3.63) is 0 Å². The molecule has 7 heteroatoms. The fourth-order valence-electron chi connectivity index (χ4n) is 0. The van der Waals surface area contributed by atoms with E-state index in [0.29, 0.717) is 0 Å². The number of hydrogen-bond acceptors (Lipinski definition) is 1. The molecule has 0 aromatic carbocycles. The van der Waals surface area contributed by atoms with Crippen LogP contribution in [0.3, 0.4) is 0 Å². The summed E-state index contributed by atoms with van der Waals surface area (Å²) in [5.74, 6) is 0. The molecule has 0 spiro atoms. The van der Waals surface area contributed by atoms with Gasteiger partial charge in [-0.15, -0.1) is 0 Å². The van der Waals surface area contributed by atoms with Gasteiger partial charge in [-0.1, -0.05) is 0 Å². The van der Waals surface area contributed by atoms with Crippen LogP contribution in [0.15, 0.2) is 0 Å². The van der Waals surface area contributed by atoms with Gasteiger partial charge >= 0.3 is 81.6 Å². The van der Waals surface area contributed by atoms with Crippen molar-refractivity contribution in [2.75, 3.05) is 0 Å². The number of hydrogen-bond donors (Lipinski definition) is 2. The molecule has 4 nitrogen and oxygen atoms in total. The van der Waals surface area contributed by atoms with Gasteiger partial charge in [-0.25, -0.2) is 4.79 Å². The molecule has 0 aliphatic carbocycles. The van der Waals surface area contributed by atoms with Gasteiger partial charge in [-0.2, -0.15) is 0 Å². The molecule has 4 N–H and O–H groups in total. The van der Waals surface area contributed by atoms with Crippen LogP contribution in [-0.2, 0) is 0 Å². The van der Waals surface area contributed by atoms with E-state index in [-0.39, 0.29) is 132 Å². The Balaban J connectivity index is -0.00000000750. The molecule has 1 radical (unpaired) electrons. The summed E-state index contributed by atoms with van der Waals surface area (Å²) in [6.07, 6.45) is -1.83. The molecule has 8 heavy (non-hydrogen) atoms. The van der Waals surface area contributed by atoms with Gasteiger partial charge in [0.05, 0.1) is 0 Å². The number of carbonyl (C=O) groups is 1. The molecule has 0 heterocycles. The maximum atomic E-state index is 8.56. The van der Waals surface area contributed by atoms with E-state index >= 15 is 0 Å². The van der Waals surface area contributed by atoms with E-state index < -0.39 is 6.16 Å². The third kappa shape index (κ3) is 57.6. The molecule has 0 aromatic heterocycles. The van der Waals surface area contributed by atoms with E-state index in [1.807, 2.05) is 0 Å². The van der Waals surface area contributed by atoms with Crippen LogP contribution in [0.4, 0.5) is 4.79 Å². The molecule has 0 saturated carbocycles. The van der Waals surface area contributed by atoms with Crippen LogP contribution in [0.5, 0.6) is 0 Å². The van der Waals surface area contributed by atoms with Gasteiger partial charge in [-0.05, 0) is 0 Å². The first-order chi connectivity index (χ1) is 1.73. The van der Waals surface area contributed by atoms with Gasteiger partial charge in [-0.3, -0.25) is 0 Å². The minimum absolute atomic E-state index is 0. The average molecular weight is 203 g/mol. The molecule has 0 rings (SSSR count). The molecule has 0 aromatic rings. The van der Waals surface area contributed by atoms with Crippen molar-refractivity contribution < 1.29 is 20.5 Å². The second-order valence-corrected chi connectivity index (χ2v) is 0.283. The Hall–Kier alpha value is 3.39. The topological polar surface area (TPSA) is 89.0 Å². The van der Waals surface area contributed by atoms with Crippen LogP contribution in [0, 0.1) is 0 Å². The minimum Gasteiger partial charge on any atom is 0 e. The van der Waals surface area contributed by atoms with Gasteiger partial charge in [0, 0.05) is 51.4 Å². The predicted octanol–water partition coefficient (Wildman–Crippen LogP) is -2.82. The van der Waals surface area contributed by atoms with E-state index in [2.05, 4.69) is 0 Å². The second kappa shape index (κ2) is 22.4. The fraction of sp³-hybridized carbons (Fsp3) is 0. The van der Waals surface area contributed by atoms with Crippen LogP contribution in [0.25, 0.3) is 0 Å². The Morgan fingerprint density at radius 1 is 1.12 bits per heavy atom. The Bertz CT molecular complexity index is 37.0. The number of rotatable bonds is 0. The normalized spacial score (nSPS) is 3.00. The summed E-state index contributed by atoms with van der Waals surface area (Å²) in [5.41, 5.74) is 0. The molecule has 41 valence electrons. The van der Waals surface area contributed by atoms with Gasteiger partial charge in [0.2, 0.25) is 0 Å². The molecule has 0 aliphatic heterocycles. The summed E-state index contributed by atoms with van der Waals surface area (Å²) in [5, 5.41) is 13.9. The third-order valence-electron chi connectivity index (χ3n) is 0. The Morgan fingerprint density at radius 3 is 1.12 bits per heavy atom. The van der Waals surface area contributed by atoms with Crippen molar-refractivity contribution in [1.82, 2.24) is 0 Å². The van der Waals surface area contributed by atoms with Crippen LogP contribution in [-0.4, -0.2) is 149 Å². The van der Waals surface area contributed by atoms with Crippen molar-refractivity contribution >= 4 is 133 Å². The van der Waals surface area contributed by atoms with Crippen LogP contribution < -0.4 is 0 Å². The smallest absolute Gasteiger partial charge is 0 e. The Morgan fingerprint density at radius 2 is 1.12 bits per heavy atom. The quantitative estimate of drug-likeness (QED) is 0.416. The van der Waals surface area contributed by atoms with Crippen LogP contribution in [0.2, 0.25) is 0 Å². The molecule has 0 atom stereocenters. The van der Waals surface area contributed by atoms with Crippen molar-refractivity contribution in [1.29, 1.82) is 0 Å². The Labute approximate surface area is 149 Å². The second-order valence-electron chi connectivity index (χ2n) is 0.283. The Kier molecular flexibility index (Phi) is 84.5. The first-order valence-corrected chi connectivity index (χ1v) is 0.651. The van der Waals surface area contributed by atoms with Crippen molar-refractivity contribution in [3.63, 3.8) is 0 Å². The van der Waals surface area contributed by atoms with E-state index in [9.17, 15) is 0 Å². The molecule has 0 amide bonds. The van der Waals surface area contributed by atoms with Crippen molar-refractivity contribution in [2.24, 2.45) is 0 Å². The number of carboxylic acid groups (broad SMARTS) is 2. The van der Waals surface area contributed by atoms with Gasteiger partial charge < -0.3 is 15.7 Å². The molecule has 0 fully saturated rings. The first-order valence-electron chi connectivity index (χ1n) is 0.651. The fourth-order valence-corrected chi connectivity index (χ4v) is 0. The van der Waals surface area contributed by atoms with E-state index in [1.54, 1.807) is 0 Å². The zero-order valence-corrected chi connectivity index (χ0v) is 6.43. The van der Waals surface area contributed by atoms with Crippen molar-refractivity contribution in [3.8, 4) is 0 Å². The maximum absolute atomic E-state index is 8.56. The average Bonchev–Trinajstić information content (AvgIpc) is 0.811. The molecular weight excluding hydrogens is 195 g/mol. The summed E-state index contributed by atoms with van der Waals surface area (Å²) in [7, 11) is 0. The van der Waals surface area contributed by atoms with Gasteiger partial charge in [0.15, 0.2) is 0 Å². The molecule has 0 saturated heterocycles. The van der Waals surface area contributed by atoms with Gasteiger partial charge in [0.25, 0.3) is 0 Å². The van der Waals surface area contributed by atoms with E-state index in [1.165, 1.54) is 0 Å². The SMILES string of the molecule is O.O=C(O)O.[CaH2].[CaH2].[K]. The zero-order chi connectivity index (χ0) is 3.58. The van der Waals surface area contributed by atoms with E-state index in [0.717, 1.165) is 0 Å². The van der Waals surface area contributed by atoms with Crippen LogP contribution >= 0.6 is 0 Å². The zero-order valence-electron chi connectivity index (χ0n) is 3.30. The first kappa shape index (κ1) is 30.1. The summed E-state index contributed by atoms with van der Waals surface area (Å²) in [6.45, 7) is 0. The summed E-state index contributed by atoms with van der Waals surface area (Å²) < 4.78 is 0. The maximum Gasteiger partial charge on any atom is 0 e. The summed E-state index contributed by atoms with van der Waals surface area (Å²) >= 11 is 0. The molecule has 0 unspecified atom stereocenters. The van der Waals surface area contributed by atoms with Crippen molar-refractivity contribution in [2.45, 2.75) is 0 Å². The standard InChI is InChI=1S/CH2O3.2Ca.K.H2O.4H/c2-1(3)4;;;;;;;;/h(H2,2,3,4);;;;1H2;;;;. The van der Waals surface area contributed by atoms with E-state index in [4.69, 9.17) is 15.0 Å². The van der Waals surface area contributed by atoms with Gasteiger partial charge in [0.1, 0.15) is 0 Å².